The topological polar surface area (TPSA) is 0 Å². The van der Waals surface area contributed by atoms with E-state index in [4.69, 9.17) is 0 Å². The van der Waals surface area contributed by atoms with E-state index in [1.54, 1.807) is 0 Å². The first-order valence-electron chi connectivity index (χ1n) is 4.01. The summed E-state index contributed by atoms with van der Waals surface area (Å²) in [5.74, 6) is 1.90. The molecule has 0 aromatic rings. The molecule has 0 heterocycles. The average molecular weight is 124 g/mol. The summed E-state index contributed by atoms with van der Waals surface area (Å²) in [7, 11) is 0. The Morgan fingerprint density at radius 3 is 2.89 bits per heavy atom. The van der Waals surface area contributed by atoms with Crippen molar-refractivity contribution in [3.63, 3.8) is 0 Å². The number of allylic oxidation sites excluding steroid dienone is 1. The summed E-state index contributed by atoms with van der Waals surface area (Å²) in [6, 6.07) is 0. The highest BCUT2D eigenvalue weighted by Crippen LogP contribution is 2.42. The SMILES string of the molecule is C=C[C@H]1C[C@@H]1CCCC. The Labute approximate surface area is 58.0 Å². The molecule has 1 aliphatic rings. The maximum Gasteiger partial charge on any atom is -0.0205 e. The predicted molar refractivity (Wildman–Crippen MR) is 41.3 cm³/mol. The fraction of sp³-hybridized carbons (Fsp3) is 0.778. The van der Waals surface area contributed by atoms with Crippen molar-refractivity contribution in [2.75, 3.05) is 0 Å². The maximum atomic E-state index is 3.78. The molecule has 0 radical (unpaired) electrons. The van der Waals surface area contributed by atoms with Crippen molar-refractivity contribution in [1.29, 1.82) is 0 Å². The zero-order chi connectivity index (χ0) is 6.69. The van der Waals surface area contributed by atoms with E-state index in [0.717, 1.165) is 11.8 Å². The predicted octanol–water partition coefficient (Wildman–Crippen LogP) is 3.00. The second-order valence-corrected chi connectivity index (χ2v) is 3.04. The van der Waals surface area contributed by atoms with Gasteiger partial charge in [0, 0.05) is 0 Å². The van der Waals surface area contributed by atoms with Gasteiger partial charge in [-0.3, -0.25) is 0 Å². The van der Waals surface area contributed by atoms with Crippen LogP contribution in [0.3, 0.4) is 0 Å². The van der Waals surface area contributed by atoms with Crippen LogP contribution < -0.4 is 0 Å². The molecule has 0 unspecified atom stereocenters. The summed E-state index contributed by atoms with van der Waals surface area (Å²) >= 11 is 0. The Morgan fingerprint density at radius 2 is 2.44 bits per heavy atom. The van der Waals surface area contributed by atoms with Gasteiger partial charge in [-0.15, -0.1) is 6.58 Å². The molecule has 1 rings (SSSR count). The van der Waals surface area contributed by atoms with Crippen molar-refractivity contribution < 1.29 is 0 Å². The van der Waals surface area contributed by atoms with E-state index >= 15 is 0 Å². The molecule has 9 heavy (non-hydrogen) atoms. The first kappa shape index (κ1) is 6.85. The maximum absolute atomic E-state index is 3.78. The Balaban J connectivity index is 1.98. The highest BCUT2D eigenvalue weighted by atomic mass is 14.4. The molecule has 0 N–H and O–H groups in total. The summed E-state index contributed by atoms with van der Waals surface area (Å²) in [5.41, 5.74) is 0. The van der Waals surface area contributed by atoms with E-state index in [1.165, 1.54) is 25.7 Å². The second kappa shape index (κ2) is 3.05. The lowest BCUT2D eigenvalue weighted by Gasteiger charge is -1.91. The third-order valence-corrected chi connectivity index (χ3v) is 2.21. The van der Waals surface area contributed by atoms with Crippen molar-refractivity contribution in [3.8, 4) is 0 Å². The van der Waals surface area contributed by atoms with E-state index < -0.39 is 0 Å². The zero-order valence-electron chi connectivity index (χ0n) is 6.27. The second-order valence-electron chi connectivity index (χ2n) is 3.04. The Kier molecular flexibility index (Phi) is 2.32. The number of unbranched alkanes of at least 4 members (excludes halogenated alkanes) is 1. The molecule has 2 atom stereocenters. The molecule has 0 aromatic carbocycles. The summed E-state index contributed by atoms with van der Waals surface area (Å²) in [4.78, 5) is 0. The number of hydrogen-bond acceptors (Lipinski definition) is 0. The lowest BCUT2D eigenvalue weighted by molar-refractivity contribution is 0.634. The van der Waals surface area contributed by atoms with E-state index in [2.05, 4.69) is 19.6 Å². The minimum atomic E-state index is 0.886. The van der Waals surface area contributed by atoms with E-state index in [9.17, 15) is 0 Å². The van der Waals surface area contributed by atoms with Crippen LogP contribution in [0.4, 0.5) is 0 Å². The molecule has 0 heteroatoms. The lowest BCUT2D eigenvalue weighted by Crippen LogP contribution is -1.78. The molecule has 0 nitrogen and oxygen atoms in total. The van der Waals surface area contributed by atoms with Crippen LogP contribution in [0.1, 0.15) is 32.6 Å². The quantitative estimate of drug-likeness (QED) is 0.505. The molecular weight excluding hydrogens is 108 g/mol. The Bertz CT molecular complexity index is 94.2. The van der Waals surface area contributed by atoms with Gasteiger partial charge in [-0.2, -0.15) is 0 Å². The van der Waals surface area contributed by atoms with Crippen LogP contribution in [0, 0.1) is 11.8 Å². The minimum Gasteiger partial charge on any atom is -0.103 e. The molecule has 1 fully saturated rings. The molecule has 0 aliphatic heterocycles. The third kappa shape index (κ3) is 1.85. The van der Waals surface area contributed by atoms with Gasteiger partial charge in [0.1, 0.15) is 0 Å². The van der Waals surface area contributed by atoms with Crippen LogP contribution in [0.5, 0.6) is 0 Å². The lowest BCUT2D eigenvalue weighted by atomic mass is 10.1. The highest BCUT2D eigenvalue weighted by molar-refractivity contribution is 4.97. The molecule has 0 aromatic heterocycles. The Hall–Kier alpha value is -0.260. The van der Waals surface area contributed by atoms with Gasteiger partial charge in [0.05, 0.1) is 0 Å². The van der Waals surface area contributed by atoms with Crippen LogP contribution in [0.25, 0.3) is 0 Å². The van der Waals surface area contributed by atoms with Crippen molar-refractivity contribution in [1.82, 2.24) is 0 Å². The fourth-order valence-corrected chi connectivity index (χ4v) is 1.36. The van der Waals surface area contributed by atoms with Gasteiger partial charge in [-0.25, -0.2) is 0 Å². The summed E-state index contributed by atoms with van der Waals surface area (Å²) < 4.78 is 0. The first-order valence-corrected chi connectivity index (χ1v) is 4.01. The molecular formula is C9H16. The largest absolute Gasteiger partial charge is 0.103 e. The van der Waals surface area contributed by atoms with Crippen LogP contribution in [0.2, 0.25) is 0 Å². The van der Waals surface area contributed by atoms with Gasteiger partial charge >= 0.3 is 0 Å². The molecule has 0 bridgehead atoms. The van der Waals surface area contributed by atoms with Crippen molar-refractivity contribution in [3.05, 3.63) is 12.7 Å². The van der Waals surface area contributed by atoms with Crippen LogP contribution in [-0.4, -0.2) is 0 Å². The van der Waals surface area contributed by atoms with E-state index in [1.807, 2.05) is 0 Å². The molecule has 52 valence electrons. The van der Waals surface area contributed by atoms with Gasteiger partial charge in [0.15, 0.2) is 0 Å². The van der Waals surface area contributed by atoms with E-state index in [0.29, 0.717) is 0 Å². The first-order chi connectivity index (χ1) is 4.38. The van der Waals surface area contributed by atoms with Gasteiger partial charge in [0.25, 0.3) is 0 Å². The smallest absolute Gasteiger partial charge is 0.0205 e. The normalized spacial score (nSPS) is 32.1. The number of rotatable bonds is 4. The van der Waals surface area contributed by atoms with Crippen LogP contribution in [-0.2, 0) is 0 Å². The van der Waals surface area contributed by atoms with Gasteiger partial charge in [-0.1, -0.05) is 25.8 Å². The average Bonchev–Trinajstić information content (AvgIpc) is 2.62. The molecule has 1 saturated carbocycles. The molecule has 0 saturated heterocycles. The van der Waals surface area contributed by atoms with Gasteiger partial charge in [-0.05, 0) is 24.7 Å². The highest BCUT2D eigenvalue weighted by Gasteiger charge is 2.32. The third-order valence-electron chi connectivity index (χ3n) is 2.21. The molecule has 0 spiro atoms. The minimum absolute atomic E-state index is 0.886. The summed E-state index contributed by atoms with van der Waals surface area (Å²) in [6.07, 6.45) is 7.73. The monoisotopic (exact) mass is 124 g/mol. The zero-order valence-corrected chi connectivity index (χ0v) is 6.27. The standard InChI is InChI=1S/C9H16/c1-3-5-6-9-7-8(9)4-2/h4,8-9H,2-3,5-7H2,1H3/t8-,9-/m0/s1. The fourth-order valence-electron chi connectivity index (χ4n) is 1.36. The molecule has 1 aliphatic carbocycles. The summed E-state index contributed by atoms with van der Waals surface area (Å²) in [5, 5.41) is 0. The number of hydrogen-bond donors (Lipinski definition) is 0. The molecule has 0 amide bonds. The van der Waals surface area contributed by atoms with Gasteiger partial charge in [0.2, 0.25) is 0 Å². The van der Waals surface area contributed by atoms with Crippen molar-refractivity contribution >= 4 is 0 Å². The summed E-state index contributed by atoms with van der Waals surface area (Å²) in [6.45, 7) is 6.04. The van der Waals surface area contributed by atoms with Crippen molar-refractivity contribution in [2.24, 2.45) is 11.8 Å². The van der Waals surface area contributed by atoms with E-state index in [-0.39, 0.29) is 0 Å². The van der Waals surface area contributed by atoms with Crippen LogP contribution >= 0.6 is 0 Å². The Morgan fingerprint density at radius 1 is 1.67 bits per heavy atom. The van der Waals surface area contributed by atoms with Crippen molar-refractivity contribution in [2.45, 2.75) is 32.6 Å². The van der Waals surface area contributed by atoms with Gasteiger partial charge < -0.3 is 0 Å². The van der Waals surface area contributed by atoms with Crippen LogP contribution in [0.15, 0.2) is 12.7 Å².